The van der Waals surface area contributed by atoms with Gasteiger partial charge in [-0.05, 0) is 49.2 Å². The van der Waals surface area contributed by atoms with Crippen LogP contribution in [0.3, 0.4) is 0 Å². The monoisotopic (exact) mass is 394 g/mol. The molecular weight excluding hydrogens is 375 g/mol. The van der Waals surface area contributed by atoms with Crippen molar-refractivity contribution in [2.24, 2.45) is 0 Å². The molecule has 0 saturated heterocycles. The third kappa shape index (κ3) is 7.63. The first-order valence-electron chi connectivity index (χ1n) is 8.14. The van der Waals surface area contributed by atoms with Crippen LogP contribution in [0.15, 0.2) is 48.5 Å². The number of hydrogen-bond acceptors (Lipinski definition) is 2. The minimum absolute atomic E-state index is 0.293. The lowest BCUT2D eigenvalue weighted by Crippen LogP contribution is -2.31. The van der Waals surface area contributed by atoms with E-state index in [2.05, 4.69) is 21.3 Å². The number of unbranched alkanes of at least 4 members (excludes halogenated alkanes) is 1. The molecule has 8 heteroatoms. The van der Waals surface area contributed by atoms with Gasteiger partial charge in [-0.1, -0.05) is 35.3 Å². The third-order valence-electron chi connectivity index (χ3n) is 3.34. The lowest BCUT2D eigenvalue weighted by Gasteiger charge is -2.09. The van der Waals surface area contributed by atoms with Crippen LogP contribution in [-0.4, -0.2) is 25.2 Å². The predicted octanol–water partition coefficient (Wildman–Crippen LogP) is 4.72. The molecule has 0 saturated carbocycles. The molecule has 4 amide bonds. The summed E-state index contributed by atoms with van der Waals surface area (Å²) in [7, 11) is 0. The summed E-state index contributed by atoms with van der Waals surface area (Å²) in [6.45, 7) is 1.01. The molecule has 138 valence electrons. The van der Waals surface area contributed by atoms with Gasteiger partial charge in [-0.2, -0.15) is 0 Å². The SMILES string of the molecule is O=C(NCCCCNC(=O)Nc1cccc(Cl)c1)Nc1cccc(Cl)c1. The first-order valence-corrected chi connectivity index (χ1v) is 8.89. The molecule has 0 aliphatic rings. The Hall–Kier alpha value is -2.44. The van der Waals surface area contributed by atoms with Crippen LogP contribution in [-0.2, 0) is 0 Å². The van der Waals surface area contributed by atoms with Gasteiger partial charge in [0.1, 0.15) is 0 Å². The summed E-state index contributed by atoms with van der Waals surface area (Å²) in [4.78, 5) is 23.5. The lowest BCUT2D eigenvalue weighted by atomic mass is 10.3. The maximum Gasteiger partial charge on any atom is 0.319 e. The molecule has 6 nitrogen and oxygen atoms in total. The molecule has 0 unspecified atom stereocenters. The van der Waals surface area contributed by atoms with Crippen molar-refractivity contribution in [3.63, 3.8) is 0 Å². The number of nitrogens with one attached hydrogen (secondary N) is 4. The van der Waals surface area contributed by atoms with E-state index in [1.54, 1.807) is 48.5 Å². The van der Waals surface area contributed by atoms with Gasteiger partial charge in [0.2, 0.25) is 0 Å². The molecule has 0 fully saturated rings. The fourth-order valence-corrected chi connectivity index (χ4v) is 2.52. The molecule has 0 spiro atoms. The van der Waals surface area contributed by atoms with Crippen molar-refractivity contribution in [3.05, 3.63) is 58.6 Å². The van der Waals surface area contributed by atoms with Crippen LogP contribution in [0.25, 0.3) is 0 Å². The minimum atomic E-state index is -0.293. The number of halogens is 2. The highest BCUT2D eigenvalue weighted by atomic mass is 35.5. The van der Waals surface area contributed by atoms with Gasteiger partial charge in [0, 0.05) is 34.5 Å². The largest absolute Gasteiger partial charge is 0.338 e. The zero-order valence-corrected chi connectivity index (χ0v) is 15.5. The second-order valence-corrected chi connectivity index (χ2v) is 6.36. The number of amides is 4. The smallest absolute Gasteiger partial charge is 0.319 e. The molecule has 26 heavy (non-hydrogen) atoms. The van der Waals surface area contributed by atoms with Gasteiger partial charge in [0.05, 0.1) is 0 Å². The van der Waals surface area contributed by atoms with E-state index in [0.717, 1.165) is 12.8 Å². The van der Waals surface area contributed by atoms with Crippen molar-refractivity contribution in [2.45, 2.75) is 12.8 Å². The number of carbonyl (C=O) groups excluding carboxylic acids is 2. The number of anilines is 2. The van der Waals surface area contributed by atoms with Crippen LogP contribution < -0.4 is 21.3 Å². The van der Waals surface area contributed by atoms with Crippen molar-refractivity contribution < 1.29 is 9.59 Å². The summed E-state index contributed by atoms with van der Waals surface area (Å²) in [5.74, 6) is 0. The Balaban J connectivity index is 1.55. The van der Waals surface area contributed by atoms with E-state index in [0.29, 0.717) is 34.5 Å². The molecule has 0 radical (unpaired) electrons. The fourth-order valence-electron chi connectivity index (χ4n) is 2.14. The van der Waals surface area contributed by atoms with Crippen LogP contribution in [0.4, 0.5) is 21.0 Å². The Labute approximate surface area is 162 Å². The van der Waals surface area contributed by atoms with Crippen molar-refractivity contribution in [2.75, 3.05) is 23.7 Å². The Morgan fingerprint density at radius 2 is 1.15 bits per heavy atom. The van der Waals surface area contributed by atoms with Crippen molar-refractivity contribution in [1.82, 2.24) is 10.6 Å². The van der Waals surface area contributed by atoms with Gasteiger partial charge in [-0.15, -0.1) is 0 Å². The summed E-state index contributed by atoms with van der Waals surface area (Å²) in [6, 6.07) is 13.3. The first kappa shape index (κ1) is 19.9. The molecule has 0 aliphatic carbocycles. The summed E-state index contributed by atoms with van der Waals surface area (Å²) < 4.78 is 0. The highest BCUT2D eigenvalue weighted by Crippen LogP contribution is 2.15. The summed E-state index contributed by atoms with van der Waals surface area (Å²) in [5.41, 5.74) is 1.27. The quantitative estimate of drug-likeness (QED) is 0.512. The van der Waals surface area contributed by atoms with Crippen molar-refractivity contribution in [3.8, 4) is 0 Å². The molecule has 0 aromatic heterocycles. The maximum absolute atomic E-state index is 11.7. The van der Waals surface area contributed by atoms with E-state index in [1.165, 1.54) is 0 Å². The average Bonchev–Trinajstić information content (AvgIpc) is 2.58. The van der Waals surface area contributed by atoms with E-state index in [4.69, 9.17) is 23.2 Å². The Bertz CT molecular complexity index is 692. The molecule has 2 aromatic carbocycles. The van der Waals surface area contributed by atoms with Crippen LogP contribution in [0.5, 0.6) is 0 Å². The highest BCUT2D eigenvalue weighted by Gasteiger charge is 2.03. The Kier molecular flexibility index (Phi) is 8.05. The summed E-state index contributed by atoms with van der Waals surface area (Å²) in [6.07, 6.45) is 1.47. The molecule has 2 rings (SSSR count). The molecule has 0 atom stereocenters. The van der Waals surface area contributed by atoms with Gasteiger partial charge in [0.15, 0.2) is 0 Å². The zero-order valence-electron chi connectivity index (χ0n) is 14.0. The van der Waals surface area contributed by atoms with E-state index in [-0.39, 0.29) is 12.1 Å². The Morgan fingerprint density at radius 1 is 0.731 bits per heavy atom. The topological polar surface area (TPSA) is 82.3 Å². The fraction of sp³-hybridized carbons (Fsp3) is 0.222. The zero-order chi connectivity index (χ0) is 18.8. The predicted molar refractivity (Wildman–Crippen MR) is 106 cm³/mol. The number of carbonyl (C=O) groups is 2. The lowest BCUT2D eigenvalue weighted by molar-refractivity contribution is 0.250. The van der Waals surface area contributed by atoms with Crippen LogP contribution in [0.2, 0.25) is 10.0 Å². The molecule has 0 aliphatic heterocycles. The maximum atomic E-state index is 11.7. The standard InChI is InChI=1S/C18H20Cl2N4O2/c19-13-5-3-7-15(11-13)23-17(25)21-9-1-2-10-22-18(26)24-16-8-4-6-14(20)12-16/h3-8,11-12H,1-2,9-10H2,(H2,21,23,25)(H2,22,24,26). The molecule has 2 aromatic rings. The highest BCUT2D eigenvalue weighted by molar-refractivity contribution is 6.31. The number of rotatable bonds is 7. The molecule has 0 bridgehead atoms. The molecular formula is C18H20Cl2N4O2. The van der Waals surface area contributed by atoms with E-state index in [9.17, 15) is 9.59 Å². The number of benzene rings is 2. The molecule has 4 N–H and O–H groups in total. The van der Waals surface area contributed by atoms with E-state index in [1.807, 2.05) is 0 Å². The number of hydrogen-bond donors (Lipinski definition) is 4. The third-order valence-corrected chi connectivity index (χ3v) is 3.81. The summed E-state index contributed by atoms with van der Waals surface area (Å²) in [5, 5.41) is 12.0. The average molecular weight is 395 g/mol. The van der Waals surface area contributed by atoms with Gasteiger partial charge in [-0.25, -0.2) is 9.59 Å². The van der Waals surface area contributed by atoms with Crippen molar-refractivity contribution >= 4 is 46.6 Å². The summed E-state index contributed by atoms with van der Waals surface area (Å²) >= 11 is 11.7. The Morgan fingerprint density at radius 3 is 1.54 bits per heavy atom. The normalized spacial score (nSPS) is 10.1. The van der Waals surface area contributed by atoms with Gasteiger partial charge < -0.3 is 21.3 Å². The van der Waals surface area contributed by atoms with Gasteiger partial charge >= 0.3 is 12.1 Å². The van der Waals surface area contributed by atoms with Crippen molar-refractivity contribution in [1.29, 1.82) is 0 Å². The van der Waals surface area contributed by atoms with E-state index >= 15 is 0 Å². The second-order valence-electron chi connectivity index (χ2n) is 5.49. The van der Waals surface area contributed by atoms with Crippen LogP contribution in [0.1, 0.15) is 12.8 Å². The van der Waals surface area contributed by atoms with Gasteiger partial charge in [0.25, 0.3) is 0 Å². The minimum Gasteiger partial charge on any atom is -0.338 e. The second kappa shape index (κ2) is 10.5. The van der Waals surface area contributed by atoms with Crippen LogP contribution >= 0.6 is 23.2 Å². The van der Waals surface area contributed by atoms with Crippen LogP contribution in [0, 0.1) is 0 Å². The molecule has 0 heterocycles. The number of urea groups is 2. The van der Waals surface area contributed by atoms with E-state index < -0.39 is 0 Å². The van der Waals surface area contributed by atoms with Gasteiger partial charge in [-0.3, -0.25) is 0 Å². The first-order chi connectivity index (χ1) is 12.5.